The van der Waals surface area contributed by atoms with Crippen molar-refractivity contribution in [3.63, 3.8) is 0 Å². The molecule has 0 aliphatic heterocycles. The number of nitrogens with one attached hydrogen (secondary N) is 2. The van der Waals surface area contributed by atoms with Crippen LogP contribution in [0.15, 0.2) is 23.2 Å². The number of hydrogen-bond donors (Lipinski definition) is 3. The van der Waals surface area contributed by atoms with Gasteiger partial charge in [-0.05, 0) is 24.6 Å². The third kappa shape index (κ3) is 4.85. The van der Waals surface area contributed by atoms with Gasteiger partial charge in [0.15, 0.2) is 11.8 Å². The van der Waals surface area contributed by atoms with Gasteiger partial charge in [0.1, 0.15) is 12.4 Å². The molecule has 1 aromatic heterocycles. The summed E-state index contributed by atoms with van der Waals surface area (Å²) in [6.07, 6.45) is 0. The van der Waals surface area contributed by atoms with E-state index < -0.39 is 0 Å². The molecule has 0 radical (unpaired) electrons. The summed E-state index contributed by atoms with van der Waals surface area (Å²) in [7, 11) is 0. The van der Waals surface area contributed by atoms with Crippen molar-refractivity contribution in [2.75, 3.05) is 0 Å². The molecule has 0 aliphatic carbocycles. The molecule has 8 heteroatoms. The quantitative estimate of drug-likeness (QED) is 0.567. The zero-order valence-corrected chi connectivity index (χ0v) is 15.7. The molecular weight excluding hydrogens is 347 g/mol. The van der Waals surface area contributed by atoms with Crippen molar-refractivity contribution in [3.8, 4) is 0 Å². The lowest BCUT2D eigenvalue weighted by atomic mass is 9.96. The number of halogens is 2. The molecule has 2 rings (SSSR count). The zero-order valence-electron chi connectivity index (χ0n) is 14.2. The van der Waals surface area contributed by atoms with E-state index in [9.17, 15) is 0 Å². The molecule has 0 aliphatic rings. The lowest BCUT2D eigenvalue weighted by Gasteiger charge is -2.16. The smallest absolute Gasteiger partial charge is 0.189 e. The first kappa shape index (κ1) is 18.5. The van der Waals surface area contributed by atoms with Crippen LogP contribution in [0.4, 0.5) is 0 Å². The van der Waals surface area contributed by atoms with Gasteiger partial charge in [0.2, 0.25) is 0 Å². The average molecular weight is 369 g/mol. The zero-order chi connectivity index (χ0) is 17.9. The van der Waals surface area contributed by atoms with Crippen molar-refractivity contribution in [2.45, 2.75) is 45.7 Å². The Balaban J connectivity index is 1.99. The highest BCUT2D eigenvalue weighted by atomic mass is 35.5. The highest BCUT2D eigenvalue weighted by Gasteiger charge is 2.19. The second-order valence-corrected chi connectivity index (χ2v) is 7.43. The Labute approximate surface area is 151 Å². The van der Waals surface area contributed by atoms with Gasteiger partial charge in [0.25, 0.3) is 0 Å². The first-order valence-electron chi connectivity index (χ1n) is 7.60. The van der Waals surface area contributed by atoms with Gasteiger partial charge in [0, 0.05) is 15.5 Å². The van der Waals surface area contributed by atoms with E-state index in [0.717, 1.165) is 11.4 Å². The number of nitrogens with two attached hydrogens (primary N) is 1. The molecule has 0 bridgehead atoms. The summed E-state index contributed by atoms with van der Waals surface area (Å²) in [4.78, 5) is 8.70. The number of guanidine groups is 1. The molecule has 2 aromatic rings. The van der Waals surface area contributed by atoms with Gasteiger partial charge in [-0.2, -0.15) is 5.10 Å². The molecule has 0 spiro atoms. The van der Waals surface area contributed by atoms with E-state index >= 15 is 0 Å². The highest BCUT2D eigenvalue weighted by Crippen LogP contribution is 2.25. The van der Waals surface area contributed by atoms with Crippen LogP contribution >= 0.6 is 23.2 Å². The minimum atomic E-state index is -0.109. The Kier molecular flexibility index (Phi) is 5.72. The van der Waals surface area contributed by atoms with E-state index in [0.29, 0.717) is 28.4 Å². The van der Waals surface area contributed by atoms with Crippen LogP contribution in [0, 0.1) is 0 Å². The second-order valence-electron chi connectivity index (χ2n) is 6.59. The minimum Gasteiger partial charge on any atom is -0.370 e. The number of nitrogens with zero attached hydrogens (tertiary/aromatic N) is 3. The van der Waals surface area contributed by atoms with Gasteiger partial charge < -0.3 is 11.1 Å². The molecule has 1 heterocycles. The summed E-state index contributed by atoms with van der Waals surface area (Å²) in [6, 6.07) is 5.25. The third-order valence-electron chi connectivity index (χ3n) is 3.40. The molecule has 0 saturated heterocycles. The average Bonchev–Trinajstić information content (AvgIpc) is 2.93. The summed E-state index contributed by atoms with van der Waals surface area (Å²) in [6.45, 7) is 8.43. The summed E-state index contributed by atoms with van der Waals surface area (Å²) in [5.74, 6) is 1.73. The maximum Gasteiger partial charge on any atom is 0.189 e. The predicted octanol–water partition coefficient (Wildman–Crippen LogP) is 3.57. The monoisotopic (exact) mass is 368 g/mol. The van der Waals surface area contributed by atoms with E-state index in [1.54, 1.807) is 12.1 Å². The standard InChI is InChI=1S/C16H22Cl2N6/c1-9(11-6-5-10(17)7-12(11)18)21-15(19)20-8-13-22-14(24-23-13)16(2,3)4/h5-7,9H,8H2,1-4H3,(H3,19,20,21)(H,22,23,24). The third-order valence-corrected chi connectivity index (χ3v) is 3.96. The predicted molar refractivity (Wildman–Crippen MR) is 98.4 cm³/mol. The van der Waals surface area contributed by atoms with E-state index in [1.807, 2.05) is 13.0 Å². The molecule has 6 nitrogen and oxygen atoms in total. The fourth-order valence-electron chi connectivity index (χ4n) is 2.06. The first-order valence-corrected chi connectivity index (χ1v) is 8.35. The maximum atomic E-state index is 6.20. The Morgan fingerprint density at radius 1 is 1.38 bits per heavy atom. The maximum absolute atomic E-state index is 6.20. The van der Waals surface area contributed by atoms with Gasteiger partial charge in [-0.15, -0.1) is 0 Å². The molecule has 1 atom stereocenters. The van der Waals surface area contributed by atoms with Crippen LogP contribution in [-0.2, 0) is 12.0 Å². The minimum absolute atomic E-state index is 0.0987. The number of aromatic amines is 1. The molecular formula is C16H22Cl2N6. The summed E-state index contributed by atoms with van der Waals surface area (Å²) >= 11 is 12.1. The van der Waals surface area contributed by atoms with Crippen LogP contribution in [-0.4, -0.2) is 21.1 Å². The SMILES string of the molecule is CC(NC(N)=NCc1nc(C(C)(C)C)n[nH]1)c1ccc(Cl)cc1Cl. The second kappa shape index (κ2) is 7.40. The van der Waals surface area contributed by atoms with Crippen LogP contribution in [0.25, 0.3) is 0 Å². The van der Waals surface area contributed by atoms with Crippen molar-refractivity contribution in [3.05, 3.63) is 45.5 Å². The topological polar surface area (TPSA) is 92.0 Å². The Bertz CT molecular complexity index is 732. The molecule has 1 unspecified atom stereocenters. The van der Waals surface area contributed by atoms with Crippen molar-refractivity contribution in [2.24, 2.45) is 10.7 Å². The highest BCUT2D eigenvalue weighted by molar-refractivity contribution is 6.35. The van der Waals surface area contributed by atoms with Crippen LogP contribution in [0.1, 0.15) is 50.9 Å². The molecule has 4 N–H and O–H groups in total. The fourth-order valence-corrected chi connectivity index (χ4v) is 2.63. The number of aliphatic imine (C=N–C) groups is 1. The van der Waals surface area contributed by atoms with Gasteiger partial charge in [0.05, 0.1) is 6.04 Å². The number of hydrogen-bond acceptors (Lipinski definition) is 3. The van der Waals surface area contributed by atoms with Crippen LogP contribution in [0.5, 0.6) is 0 Å². The lowest BCUT2D eigenvalue weighted by molar-refractivity contribution is 0.547. The van der Waals surface area contributed by atoms with Crippen molar-refractivity contribution < 1.29 is 0 Å². The van der Waals surface area contributed by atoms with E-state index in [2.05, 4.69) is 46.3 Å². The molecule has 0 saturated carbocycles. The number of rotatable bonds is 4. The van der Waals surface area contributed by atoms with Gasteiger partial charge >= 0.3 is 0 Å². The number of aromatic nitrogens is 3. The number of H-pyrrole nitrogens is 1. The summed E-state index contributed by atoms with van der Waals surface area (Å²) in [5.41, 5.74) is 6.73. The van der Waals surface area contributed by atoms with Crippen LogP contribution < -0.4 is 11.1 Å². The summed E-state index contributed by atoms with van der Waals surface area (Å²) in [5, 5.41) is 11.4. The lowest BCUT2D eigenvalue weighted by Crippen LogP contribution is -2.34. The van der Waals surface area contributed by atoms with Gasteiger partial charge in [-0.25, -0.2) is 9.98 Å². The molecule has 0 amide bonds. The van der Waals surface area contributed by atoms with Gasteiger partial charge in [-0.1, -0.05) is 50.0 Å². The Morgan fingerprint density at radius 3 is 2.67 bits per heavy atom. The molecule has 130 valence electrons. The van der Waals surface area contributed by atoms with Crippen LogP contribution in [0.3, 0.4) is 0 Å². The summed E-state index contributed by atoms with van der Waals surface area (Å²) < 4.78 is 0. The normalized spacial score (nSPS) is 13.8. The van der Waals surface area contributed by atoms with E-state index in [1.165, 1.54) is 0 Å². The molecule has 1 aromatic carbocycles. The molecule has 24 heavy (non-hydrogen) atoms. The fraction of sp³-hybridized carbons (Fsp3) is 0.438. The van der Waals surface area contributed by atoms with Crippen LogP contribution in [0.2, 0.25) is 10.0 Å². The van der Waals surface area contributed by atoms with Crippen molar-refractivity contribution >= 4 is 29.2 Å². The number of benzene rings is 1. The Hall–Kier alpha value is -1.79. The Morgan fingerprint density at radius 2 is 2.08 bits per heavy atom. The largest absolute Gasteiger partial charge is 0.370 e. The van der Waals surface area contributed by atoms with Gasteiger partial charge in [-0.3, -0.25) is 5.10 Å². The first-order chi connectivity index (χ1) is 11.2. The van der Waals surface area contributed by atoms with Crippen molar-refractivity contribution in [1.82, 2.24) is 20.5 Å². The molecule has 0 fully saturated rings. The van der Waals surface area contributed by atoms with Crippen molar-refractivity contribution in [1.29, 1.82) is 0 Å². The van der Waals surface area contributed by atoms with E-state index in [4.69, 9.17) is 28.9 Å². The van der Waals surface area contributed by atoms with E-state index in [-0.39, 0.29) is 11.5 Å².